The van der Waals surface area contributed by atoms with Gasteiger partial charge >= 0.3 is 5.97 Å². The summed E-state index contributed by atoms with van der Waals surface area (Å²) in [6, 6.07) is 11.5. The lowest BCUT2D eigenvalue weighted by Gasteiger charge is -2.10. The lowest BCUT2D eigenvalue weighted by Crippen LogP contribution is -2.35. The third-order valence-electron chi connectivity index (χ3n) is 3.67. The monoisotopic (exact) mass is 342 g/mol. The quantitative estimate of drug-likeness (QED) is 0.653. The molecule has 7 heteroatoms. The molecule has 1 amide bonds. The molecule has 0 atom stereocenters. The maximum atomic E-state index is 12.3. The molecule has 1 aliphatic heterocycles. The number of methoxy groups -OCH3 is 1. The highest BCUT2D eigenvalue weighted by molar-refractivity contribution is 7.80. The fourth-order valence-electron chi connectivity index (χ4n) is 2.61. The average Bonchev–Trinajstić information content (AvgIpc) is 2.82. The number of rotatable bonds is 4. The van der Waals surface area contributed by atoms with Crippen LogP contribution >= 0.6 is 12.2 Å². The average molecular weight is 342 g/mol. The molecular formula is C17H14N2O4S. The molecule has 0 unspecified atom stereocenters. The van der Waals surface area contributed by atoms with Crippen LogP contribution in [0.5, 0.6) is 5.75 Å². The van der Waals surface area contributed by atoms with Crippen molar-refractivity contribution in [3.8, 4) is 5.75 Å². The summed E-state index contributed by atoms with van der Waals surface area (Å²) in [5, 5.41) is 13.6. The summed E-state index contributed by atoms with van der Waals surface area (Å²) >= 11 is 5.03. The molecule has 0 saturated carbocycles. The Kier molecular flexibility index (Phi) is 4.18. The van der Waals surface area contributed by atoms with Crippen LogP contribution in [0.4, 0.5) is 0 Å². The molecule has 0 radical (unpaired) electrons. The zero-order chi connectivity index (χ0) is 17.3. The van der Waals surface area contributed by atoms with Gasteiger partial charge in [-0.05, 0) is 23.7 Å². The molecule has 1 fully saturated rings. The number of carboxylic acid groups (broad SMARTS) is 1. The first-order valence-corrected chi connectivity index (χ1v) is 7.54. The first kappa shape index (κ1) is 15.9. The molecule has 1 aliphatic rings. The predicted molar refractivity (Wildman–Crippen MR) is 93.6 cm³/mol. The molecule has 2 aromatic carbocycles. The summed E-state index contributed by atoms with van der Waals surface area (Å²) in [5.41, 5.74) is 0.918. The van der Waals surface area contributed by atoms with E-state index >= 15 is 0 Å². The molecular weight excluding hydrogens is 328 g/mol. The SMILES string of the molecule is COc1c(/C=C2/NC(=S)N(CC(=O)O)C2=O)ccc2ccccc12. The molecule has 1 heterocycles. The van der Waals surface area contributed by atoms with Crippen LogP contribution in [-0.2, 0) is 9.59 Å². The van der Waals surface area contributed by atoms with Crippen molar-refractivity contribution in [3.05, 3.63) is 47.7 Å². The Morgan fingerprint density at radius 2 is 2.08 bits per heavy atom. The molecule has 0 spiro atoms. The van der Waals surface area contributed by atoms with E-state index in [1.165, 1.54) is 0 Å². The van der Waals surface area contributed by atoms with Crippen molar-refractivity contribution in [1.82, 2.24) is 10.2 Å². The first-order valence-electron chi connectivity index (χ1n) is 7.13. The Morgan fingerprint density at radius 3 is 2.79 bits per heavy atom. The number of fused-ring (bicyclic) bond motifs is 1. The lowest BCUT2D eigenvalue weighted by molar-refractivity contribution is -0.140. The summed E-state index contributed by atoms with van der Waals surface area (Å²) in [4.78, 5) is 24.2. The molecule has 122 valence electrons. The minimum Gasteiger partial charge on any atom is -0.495 e. The second-order valence-corrected chi connectivity index (χ2v) is 5.57. The van der Waals surface area contributed by atoms with Crippen molar-refractivity contribution in [2.45, 2.75) is 0 Å². The van der Waals surface area contributed by atoms with Gasteiger partial charge in [-0.3, -0.25) is 14.5 Å². The fraction of sp³-hybridized carbons (Fsp3) is 0.118. The normalized spacial score (nSPS) is 15.9. The fourth-order valence-corrected chi connectivity index (χ4v) is 2.86. The van der Waals surface area contributed by atoms with Gasteiger partial charge in [0.2, 0.25) is 0 Å². The highest BCUT2D eigenvalue weighted by atomic mass is 32.1. The Balaban J connectivity index is 2.03. The summed E-state index contributed by atoms with van der Waals surface area (Å²) < 4.78 is 5.50. The third kappa shape index (κ3) is 2.81. The number of thiocarbonyl (C=S) groups is 1. The maximum Gasteiger partial charge on any atom is 0.323 e. The minimum absolute atomic E-state index is 0.0772. The molecule has 2 aromatic rings. The zero-order valence-corrected chi connectivity index (χ0v) is 13.6. The van der Waals surface area contributed by atoms with E-state index in [1.807, 2.05) is 36.4 Å². The van der Waals surface area contributed by atoms with Crippen molar-refractivity contribution < 1.29 is 19.4 Å². The molecule has 3 rings (SSSR count). The predicted octanol–water partition coefficient (Wildman–Crippen LogP) is 1.99. The minimum atomic E-state index is -1.13. The van der Waals surface area contributed by atoms with Crippen LogP contribution in [0.1, 0.15) is 5.56 Å². The van der Waals surface area contributed by atoms with Crippen LogP contribution in [0.25, 0.3) is 16.8 Å². The number of carbonyl (C=O) groups is 2. The van der Waals surface area contributed by atoms with Gasteiger partial charge in [-0.2, -0.15) is 0 Å². The van der Waals surface area contributed by atoms with Gasteiger partial charge < -0.3 is 15.2 Å². The lowest BCUT2D eigenvalue weighted by atomic mass is 10.0. The van der Waals surface area contributed by atoms with Crippen LogP contribution in [0, 0.1) is 0 Å². The molecule has 2 N–H and O–H groups in total. The molecule has 6 nitrogen and oxygen atoms in total. The van der Waals surface area contributed by atoms with Crippen molar-refractivity contribution in [2.75, 3.05) is 13.7 Å². The number of hydrogen-bond acceptors (Lipinski definition) is 4. The van der Waals surface area contributed by atoms with Gasteiger partial charge in [-0.25, -0.2) is 0 Å². The van der Waals surface area contributed by atoms with Crippen LogP contribution in [0.15, 0.2) is 42.1 Å². The van der Waals surface area contributed by atoms with Crippen molar-refractivity contribution >= 4 is 46.1 Å². The number of carboxylic acids is 1. The smallest absolute Gasteiger partial charge is 0.323 e. The van der Waals surface area contributed by atoms with E-state index in [4.69, 9.17) is 22.1 Å². The third-order valence-corrected chi connectivity index (χ3v) is 3.99. The van der Waals surface area contributed by atoms with Gasteiger partial charge in [0.05, 0.1) is 7.11 Å². The second-order valence-electron chi connectivity index (χ2n) is 5.18. The molecule has 0 aliphatic carbocycles. The summed E-state index contributed by atoms with van der Waals surface area (Å²) in [7, 11) is 1.56. The Morgan fingerprint density at radius 1 is 1.33 bits per heavy atom. The number of aliphatic carboxylic acids is 1. The number of ether oxygens (including phenoxy) is 1. The highest BCUT2D eigenvalue weighted by Crippen LogP contribution is 2.31. The number of benzene rings is 2. The maximum absolute atomic E-state index is 12.3. The molecule has 24 heavy (non-hydrogen) atoms. The van der Waals surface area contributed by atoms with Gasteiger partial charge in [0.1, 0.15) is 18.0 Å². The van der Waals surface area contributed by atoms with E-state index in [-0.39, 0.29) is 10.8 Å². The largest absolute Gasteiger partial charge is 0.495 e. The van der Waals surface area contributed by atoms with Crippen LogP contribution in [0.3, 0.4) is 0 Å². The zero-order valence-electron chi connectivity index (χ0n) is 12.8. The van der Waals surface area contributed by atoms with Gasteiger partial charge in [-0.15, -0.1) is 0 Å². The number of nitrogens with one attached hydrogen (secondary N) is 1. The van der Waals surface area contributed by atoms with E-state index in [0.717, 1.165) is 15.7 Å². The van der Waals surface area contributed by atoms with E-state index in [1.54, 1.807) is 13.2 Å². The van der Waals surface area contributed by atoms with Gasteiger partial charge in [0, 0.05) is 10.9 Å². The number of amides is 1. The Hall–Kier alpha value is -2.93. The standard InChI is InChI=1S/C17H14N2O4S/c1-23-15-11(7-6-10-4-2-3-5-12(10)15)8-13-16(22)19(9-14(20)21)17(24)18-13/h2-8H,9H2,1H3,(H,18,24)(H,20,21)/b13-8+. The van der Waals surface area contributed by atoms with Crippen molar-refractivity contribution in [1.29, 1.82) is 0 Å². The first-order chi connectivity index (χ1) is 11.5. The van der Waals surface area contributed by atoms with Gasteiger partial charge in [0.25, 0.3) is 5.91 Å². The molecule has 0 bridgehead atoms. The van der Waals surface area contributed by atoms with E-state index in [9.17, 15) is 9.59 Å². The summed E-state index contributed by atoms with van der Waals surface area (Å²) in [5.74, 6) is -0.965. The van der Waals surface area contributed by atoms with Crippen LogP contribution < -0.4 is 10.1 Å². The Labute approximate surface area is 143 Å². The van der Waals surface area contributed by atoms with E-state index in [0.29, 0.717) is 11.3 Å². The number of nitrogens with zero attached hydrogens (tertiary/aromatic N) is 1. The van der Waals surface area contributed by atoms with Crippen molar-refractivity contribution in [3.63, 3.8) is 0 Å². The van der Waals surface area contributed by atoms with Crippen LogP contribution in [0.2, 0.25) is 0 Å². The molecule has 0 aromatic heterocycles. The topological polar surface area (TPSA) is 78.9 Å². The Bertz CT molecular complexity index is 891. The summed E-state index contributed by atoms with van der Waals surface area (Å²) in [6.45, 7) is -0.475. The highest BCUT2D eigenvalue weighted by Gasteiger charge is 2.32. The van der Waals surface area contributed by atoms with Gasteiger partial charge in [-0.1, -0.05) is 36.4 Å². The number of carbonyl (C=O) groups excluding carboxylic acids is 1. The van der Waals surface area contributed by atoms with E-state index < -0.39 is 18.4 Å². The molecule has 1 saturated heterocycles. The van der Waals surface area contributed by atoms with E-state index in [2.05, 4.69) is 5.32 Å². The number of hydrogen-bond donors (Lipinski definition) is 2. The van der Waals surface area contributed by atoms with Crippen LogP contribution in [-0.4, -0.2) is 40.6 Å². The van der Waals surface area contributed by atoms with Gasteiger partial charge in [0.15, 0.2) is 5.11 Å². The van der Waals surface area contributed by atoms with Crippen molar-refractivity contribution in [2.24, 2.45) is 0 Å². The second kappa shape index (κ2) is 6.29. The summed E-state index contributed by atoms with van der Waals surface area (Å²) in [6.07, 6.45) is 1.61.